The lowest BCUT2D eigenvalue weighted by Crippen LogP contribution is -2.02. The first-order chi connectivity index (χ1) is 12.1. The van der Waals surface area contributed by atoms with E-state index in [-0.39, 0.29) is 5.78 Å². The van der Waals surface area contributed by atoms with E-state index in [2.05, 4.69) is 0 Å². The lowest BCUT2D eigenvalue weighted by Gasteiger charge is -2.15. The third-order valence-corrected chi connectivity index (χ3v) is 3.73. The number of hydrogen-bond acceptors (Lipinski definition) is 4. The minimum Gasteiger partial charge on any atom is -0.493 e. The van der Waals surface area contributed by atoms with Crippen LogP contribution in [0.3, 0.4) is 0 Å². The summed E-state index contributed by atoms with van der Waals surface area (Å²) in [6, 6.07) is 11.1. The van der Waals surface area contributed by atoms with Crippen LogP contribution in [0.1, 0.15) is 34.8 Å². The van der Waals surface area contributed by atoms with Crippen LogP contribution >= 0.6 is 0 Å². The van der Waals surface area contributed by atoms with Gasteiger partial charge in [-0.05, 0) is 37.6 Å². The SMILES string of the molecule is CCCOc1c(OC)ccc(C=CC(=O)c2ccc(C)cc2)c1OC. The molecule has 2 rings (SSSR count). The molecule has 0 radical (unpaired) electrons. The molecule has 2 aromatic carbocycles. The molecule has 0 saturated heterocycles. The van der Waals surface area contributed by atoms with E-state index >= 15 is 0 Å². The molecule has 0 aromatic heterocycles. The number of benzene rings is 2. The molecular weight excluding hydrogens is 316 g/mol. The Morgan fingerprint density at radius 1 is 1.00 bits per heavy atom. The van der Waals surface area contributed by atoms with Crippen LogP contribution in [-0.2, 0) is 0 Å². The zero-order valence-corrected chi connectivity index (χ0v) is 15.2. The van der Waals surface area contributed by atoms with Crippen LogP contribution in [0.5, 0.6) is 17.2 Å². The van der Waals surface area contributed by atoms with Crippen molar-refractivity contribution in [3.8, 4) is 17.2 Å². The smallest absolute Gasteiger partial charge is 0.204 e. The molecule has 0 unspecified atom stereocenters. The second kappa shape index (κ2) is 8.92. The van der Waals surface area contributed by atoms with Gasteiger partial charge in [0.15, 0.2) is 17.3 Å². The lowest BCUT2D eigenvalue weighted by atomic mass is 10.1. The van der Waals surface area contributed by atoms with Gasteiger partial charge in [0.1, 0.15) is 0 Å². The van der Waals surface area contributed by atoms with Crippen molar-refractivity contribution in [2.75, 3.05) is 20.8 Å². The molecule has 25 heavy (non-hydrogen) atoms. The quantitative estimate of drug-likeness (QED) is 0.516. The van der Waals surface area contributed by atoms with Gasteiger partial charge in [0.05, 0.1) is 20.8 Å². The van der Waals surface area contributed by atoms with Crippen molar-refractivity contribution in [3.63, 3.8) is 0 Å². The molecule has 0 N–H and O–H groups in total. The van der Waals surface area contributed by atoms with Gasteiger partial charge in [-0.2, -0.15) is 0 Å². The van der Waals surface area contributed by atoms with Gasteiger partial charge in [0.2, 0.25) is 5.75 Å². The molecule has 0 saturated carbocycles. The van der Waals surface area contributed by atoms with Crippen LogP contribution in [0.4, 0.5) is 0 Å². The zero-order chi connectivity index (χ0) is 18.2. The third-order valence-electron chi connectivity index (χ3n) is 3.73. The molecule has 0 aliphatic rings. The number of hydrogen-bond donors (Lipinski definition) is 0. The molecule has 0 aliphatic heterocycles. The van der Waals surface area contributed by atoms with E-state index in [4.69, 9.17) is 14.2 Å². The average molecular weight is 340 g/mol. The summed E-state index contributed by atoms with van der Waals surface area (Å²) in [5.74, 6) is 1.65. The Morgan fingerprint density at radius 2 is 1.72 bits per heavy atom. The Morgan fingerprint density at radius 3 is 2.32 bits per heavy atom. The molecule has 4 heteroatoms. The highest BCUT2D eigenvalue weighted by atomic mass is 16.5. The highest BCUT2D eigenvalue weighted by Gasteiger charge is 2.15. The van der Waals surface area contributed by atoms with Crippen molar-refractivity contribution >= 4 is 11.9 Å². The van der Waals surface area contributed by atoms with E-state index in [9.17, 15) is 4.79 Å². The van der Waals surface area contributed by atoms with E-state index < -0.39 is 0 Å². The summed E-state index contributed by atoms with van der Waals surface area (Å²) in [6.07, 6.45) is 4.15. The van der Waals surface area contributed by atoms with Gasteiger partial charge >= 0.3 is 0 Å². The Bertz CT molecular complexity index is 745. The summed E-state index contributed by atoms with van der Waals surface area (Å²) in [6.45, 7) is 4.58. The number of aryl methyl sites for hydroxylation is 1. The standard InChI is InChI=1S/C21H24O4/c1-5-14-25-21-19(23-3)13-11-17(20(21)24-4)10-12-18(22)16-8-6-15(2)7-9-16/h6-13H,5,14H2,1-4H3. The number of rotatable bonds is 8. The molecule has 132 valence electrons. The monoisotopic (exact) mass is 340 g/mol. The van der Waals surface area contributed by atoms with Gasteiger partial charge in [-0.1, -0.05) is 36.8 Å². The minimum absolute atomic E-state index is 0.0612. The fraction of sp³-hybridized carbons (Fsp3) is 0.286. The molecule has 0 aliphatic carbocycles. The van der Waals surface area contributed by atoms with Gasteiger partial charge in [0, 0.05) is 11.1 Å². The molecule has 0 fully saturated rings. The van der Waals surface area contributed by atoms with Gasteiger partial charge in [0.25, 0.3) is 0 Å². The molecular formula is C21H24O4. The zero-order valence-electron chi connectivity index (χ0n) is 15.2. The Kier molecular flexibility index (Phi) is 6.63. The maximum atomic E-state index is 12.3. The summed E-state index contributed by atoms with van der Waals surface area (Å²) < 4.78 is 16.6. The number of methoxy groups -OCH3 is 2. The molecule has 0 bridgehead atoms. The van der Waals surface area contributed by atoms with E-state index in [1.165, 1.54) is 0 Å². The first kappa shape index (κ1) is 18.6. The number of carbonyl (C=O) groups is 1. The first-order valence-corrected chi connectivity index (χ1v) is 8.27. The molecule has 0 heterocycles. The molecule has 4 nitrogen and oxygen atoms in total. The van der Waals surface area contributed by atoms with Crippen molar-refractivity contribution < 1.29 is 19.0 Å². The third kappa shape index (κ3) is 4.63. The Hall–Kier alpha value is -2.75. The predicted octanol–water partition coefficient (Wildman–Crippen LogP) is 4.70. The average Bonchev–Trinajstić information content (AvgIpc) is 2.64. The van der Waals surface area contributed by atoms with Crippen LogP contribution in [0.25, 0.3) is 6.08 Å². The van der Waals surface area contributed by atoms with E-state index in [1.54, 1.807) is 26.4 Å². The fourth-order valence-corrected chi connectivity index (χ4v) is 2.38. The lowest BCUT2D eigenvalue weighted by molar-refractivity contribution is 0.104. The molecule has 2 aromatic rings. The van der Waals surface area contributed by atoms with E-state index in [0.29, 0.717) is 29.4 Å². The summed E-state index contributed by atoms with van der Waals surface area (Å²) in [5.41, 5.74) is 2.53. The van der Waals surface area contributed by atoms with Crippen LogP contribution in [0, 0.1) is 6.92 Å². The molecule has 0 amide bonds. The van der Waals surface area contributed by atoms with Crippen molar-refractivity contribution in [3.05, 3.63) is 59.2 Å². The summed E-state index contributed by atoms with van der Waals surface area (Å²) in [7, 11) is 3.16. The van der Waals surface area contributed by atoms with Crippen molar-refractivity contribution in [2.45, 2.75) is 20.3 Å². The topological polar surface area (TPSA) is 44.8 Å². The largest absolute Gasteiger partial charge is 0.493 e. The van der Waals surface area contributed by atoms with Crippen molar-refractivity contribution in [1.29, 1.82) is 0 Å². The summed E-state index contributed by atoms with van der Waals surface area (Å²) in [4.78, 5) is 12.3. The highest BCUT2D eigenvalue weighted by Crippen LogP contribution is 2.40. The Balaban J connectivity index is 2.31. The van der Waals surface area contributed by atoms with Gasteiger partial charge in [-0.3, -0.25) is 4.79 Å². The van der Waals surface area contributed by atoms with Crippen molar-refractivity contribution in [2.24, 2.45) is 0 Å². The van der Waals surface area contributed by atoms with Crippen LogP contribution in [0.15, 0.2) is 42.5 Å². The Labute approximate surface area is 149 Å². The number of allylic oxidation sites excluding steroid dienone is 1. The summed E-state index contributed by atoms with van der Waals surface area (Å²) >= 11 is 0. The first-order valence-electron chi connectivity index (χ1n) is 8.27. The van der Waals surface area contributed by atoms with Crippen molar-refractivity contribution in [1.82, 2.24) is 0 Å². The number of ether oxygens (including phenoxy) is 3. The van der Waals surface area contributed by atoms with E-state index in [0.717, 1.165) is 17.5 Å². The molecule has 0 spiro atoms. The second-order valence-corrected chi connectivity index (χ2v) is 5.63. The fourth-order valence-electron chi connectivity index (χ4n) is 2.38. The van der Waals surface area contributed by atoms with Crippen LogP contribution in [-0.4, -0.2) is 26.6 Å². The van der Waals surface area contributed by atoms with Crippen LogP contribution < -0.4 is 14.2 Å². The van der Waals surface area contributed by atoms with Gasteiger partial charge in [-0.15, -0.1) is 0 Å². The van der Waals surface area contributed by atoms with Gasteiger partial charge in [-0.25, -0.2) is 0 Å². The molecule has 0 atom stereocenters. The number of ketones is 1. The van der Waals surface area contributed by atoms with Gasteiger partial charge < -0.3 is 14.2 Å². The maximum absolute atomic E-state index is 12.3. The maximum Gasteiger partial charge on any atom is 0.204 e. The van der Waals surface area contributed by atoms with Crippen LogP contribution in [0.2, 0.25) is 0 Å². The number of carbonyl (C=O) groups excluding carboxylic acids is 1. The van der Waals surface area contributed by atoms with E-state index in [1.807, 2.05) is 50.2 Å². The minimum atomic E-state index is -0.0612. The normalized spacial score (nSPS) is 10.7. The summed E-state index contributed by atoms with van der Waals surface area (Å²) in [5, 5.41) is 0. The predicted molar refractivity (Wildman–Crippen MR) is 99.9 cm³/mol. The highest BCUT2D eigenvalue weighted by molar-refractivity contribution is 6.07. The second-order valence-electron chi connectivity index (χ2n) is 5.63.